The Morgan fingerprint density at radius 2 is 1.71 bits per heavy atom. The van der Waals surface area contributed by atoms with Gasteiger partial charge in [-0.3, -0.25) is 19.4 Å². The van der Waals surface area contributed by atoms with Crippen LogP contribution in [0.5, 0.6) is 11.5 Å². The van der Waals surface area contributed by atoms with E-state index in [1.165, 1.54) is 12.0 Å². The monoisotopic (exact) mass is 723 g/mol. The molecule has 17 heteroatoms. The van der Waals surface area contributed by atoms with Crippen LogP contribution in [0.3, 0.4) is 0 Å². The summed E-state index contributed by atoms with van der Waals surface area (Å²) in [4.78, 5) is 49.8. The topological polar surface area (TPSA) is 125 Å². The van der Waals surface area contributed by atoms with E-state index < -0.39 is 71.6 Å². The molecule has 2 N–H and O–H groups in total. The van der Waals surface area contributed by atoms with Gasteiger partial charge in [-0.05, 0) is 55.3 Å². The Morgan fingerprint density at radius 1 is 0.980 bits per heavy atom. The van der Waals surface area contributed by atoms with Crippen LogP contribution in [0.4, 0.5) is 32.0 Å². The van der Waals surface area contributed by atoms with Gasteiger partial charge in [-0.1, -0.05) is 12.1 Å². The van der Waals surface area contributed by atoms with Gasteiger partial charge in [0.05, 0.1) is 42.6 Å². The minimum absolute atomic E-state index is 0.0486. The maximum atomic E-state index is 14.8. The lowest BCUT2D eigenvalue weighted by Crippen LogP contribution is -2.68. The molecule has 2 aliphatic rings. The molecule has 3 heterocycles. The molecule has 2 atom stereocenters. The fourth-order valence-corrected chi connectivity index (χ4v) is 6.34. The number of likely N-dealkylation sites (tertiary alicyclic amines) is 1. The number of amides is 3. The number of rotatable bonds is 9. The minimum atomic E-state index is -4.90. The molecule has 51 heavy (non-hydrogen) atoms. The largest absolute Gasteiger partial charge is 0.495 e. The van der Waals surface area contributed by atoms with E-state index in [1.807, 2.05) is 4.90 Å². The Hall–Kier alpha value is -5.06. The normalized spacial score (nSPS) is 19.8. The first-order valence-corrected chi connectivity index (χ1v) is 15.9. The van der Waals surface area contributed by atoms with Crippen molar-refractivity contribution in [2.75, 3.05) is 57.9 Å². The molecule has 2 unspecified atom stereocenters. The number of carbonyl (C=O) groups excluding carboxylic acids is 3. The number of aliphatic hydroxyl groups excluding tert-OH is 1. The predicted molar refractivity (Wildman–Crippen MR) is 170 cm³/mol. The number of ether oxygens (including phenoxy) is 2. The highest BCUT2D eigenvalue weighted by Gasteiger charge is 2.52. The van der Waals surface area contributed by atoms with E-state index in [1.54, 1.807) is 24.3 Å². The van der Waals surface area contributed by atoms with Crippen molar-refractivity contribution in [3.05, 3.63) is 83.7 Å². The van der Waals surface area contributed by atoms with Crippen molar-refractivity contribution in [3.8, 4) is 11.5 Å². The molecule has 0 spiro atoms. The third-order valence-corrected chi connectivity index (χ3v) is 8.76. The molecule has 2 saturated heterocycles. The number of anilines is 1. The average molecular weight is 724 g/mol. The van der Waals surface area contributed by atoms with Gasteiger partial charge in [0.15, 0.2) is 0 Å². The highest BCUT2D eigenvalue weighted by atomic mass is 19.4. The number of nitrogens with one attached hydrogen (secondary N) is 1. The van der Waals surface area contributed by atoms with E-state index in [-0.39, 0.29) is 51.3 Å². The van der Waals surface area contributed by atoms with Gasteiger partial charge in [-0.25, -0.2) is 0 Å². The number of aliphatic hydroxyl groups is 1. The molecule has 5 rings (SSSR count). The molecular weight excluding hydrogens is 688 g/mol. The number of methoxy groups -OCH3 is 1. The van der Waals surface area contributed by atoms with E-state index in [2.05, 4.69) is 10.3 Å². The number of hydrogen-bond acceptors (Lipinski definition) is 8. The second-order valence-corrected chi connectivity index (χ2v) is 12.0. The third-order valence-electron chi connectivity index (χ3n) is 8.76. The van der Waals surface area contributed by atoms with Gasteiger partial charge in [0.2, 0.25) is 11.5 Å². The summed E-state index contributed by atoms with van der Waals surface area (Å²) in [5.41, 5.74) is -4.37. The number of benzene rings is 2. The zero-order valence-corrected chi connectivity index (χ0v) is 27.3. The SMILES string of the molecule is COc1ccccc1N1CCN(C(=O)C2(Oc3ccc(C(F)(F)F)cc3)CCCN(C(=O)c3cnccc3C(F)(F)F)C2)C(C(=O)NCCO)C1. The molecule has 0 aliphatic carbocycles. The van der Waals surface area contributed by atoms with Crippen molar-refractivity contribution in [2.45, 2.75) is 36.8 Å². The molecule has 3 amide bonds. The van der Waals surface area contributed by atoms with Gasteiger partial charge in [-0.15, -0.1) is 0 Å². The summed E-state index contributed by atoms with van der Waals surface area (Å²) in [7, 11) is 1.48. The highest BCUT2D eigenvalue weighted by molar-refractivity contribution is 5.97. The molecule has 2 fully saturated rings. The smallest absolute Gasteiger partial charge is 0.417 e. The van der Waals surface area contributed by atoms with Crippen LogP contribution in [0.2, 0.25) is 0 Å². The summed E-state index contributed by atoms with van der Waals surface area (Å²) < 4.78 is 93.4. The average Bonchev–Trinajstić information content (AvgIpc) is 3.12. The van der Waals surface area contributed by atoms with Gasteiger partial charge < -0.3 is 34.6 Å². The van der Waals surface area contributed by atoms with Crippen LogP contribution < -0.4 is 19.7 Å². The lowest BCUT2D eigenvalue weighted by atomic mass is 9.88. The number of piperidine rings is 1. The highest BCUT2D eigenvalue weighted by Crippen LogP contribution is 2.37. The summed E-state index contributed by atoms with van der Waals surface area (Å²) in [6, 6.07) is 10.00. The van der Waals surface area contributed by atoms with Gasteiger partial charge in [0, 0.05) is 45.1 Å². The summed E-state index contributed by atoms with van der Waals surface area (Å²) in [6.07, 6.45) is -7.93. The molecule has 0 bridgehead atoms. The first-order valence-electron chi connectivity index (χ1n) is 15.9. The minimum Gasteiger partial charge on any atom is -0.495 e. The number of piperazine rings is 1. The molecular formula is C34H35F6N5O6. The van der Waals surface area contributed by atoms with E-state index in [4.69, 9.17) is 9.47 Å². The lowest BCUT2D eigenvalue weighted by Gasteiger charge is -2.48. The number of nitrogens with zero attached hydrogens (tertiary/aromatic N) is 4. The standard InChI is InChI=1S/C34H35F6N5O6/c1-50-28-6-3-2-5-26(28)43-16-17-45(27(20-43)29(47)42-14-18-46)31(49)32(51-23-9-7-22(8-10-23)33(35,36)37)12-4-15-44(21-32)30(48)24-19-41-13-11-25(24)34(38,39)40/h2-3,5-11,13,19,27,46H,4,12,14-18,20-21H2,1H3,(H,42,47). The molecule has 3 aromatic rings. The summed E-state index contributed by atoms with van der Waals surface area (Å²) in [6.45, 7) is -1.11. The second kappa shape index (κ2) is 15.0. The Balaban J connectivity index is 1.53. The quantitative estimate of drug-likeness (QED) is 0.318. The van der Waals surface area contributed by atoms with E-state index in [0.717, 1.165) is 41.6 Å². The summed E-state index contributed by atoms with van der Waals surface area (Å²) in [5.74, 6) is -2.18. The maximum absolute atomic E-state index is 14.8. The molecule has 274 valence electrons. The zero-order valence-electron chi connectivity index (χ0n) is 27.3. The molecule has 0 radical (unpaired) electrons. The number of carbonyl (C=O) groups is 3. The van der Waals surface area contributed by atoms with Crippen molar-refractivity contribution in [1.29, 1.82) is 0 Å². The third kappa shape index (κ3) is 8.13. The number of halogens is 6. The maximum Gasteiger partial charge on any atom is 0.417 e. The van der Waals surface area contributed by atoms with E-state index in [0.29, 0.717) is 17.5 Å². The fourth-order valence-electron chi connectivity index (χ4n) is 6.34. The number of alkyl halides is 6. The van der Waals surface area contributed by atoms with Gasteiger partial charge in [-0.2, -0.15) is 26.3 Å². The van der Waals surface area contributed by atoms with Gasteiger partial charge in [0.25, 0.3) is 11.8 Å². The zero-order chi connectivity index (χ0) is 37.0. The second-order valence-electron chi connectivity index (χ2n) is 12.0. The molecule has 1 aromatic heterocycles. The summed E-state index contributed by atoms with van der Waals surface area (Å²) >= 11 is 0. The number of aromatic nitrogens is 1. The van der Waals surface area contributed by atoms with Crippen LogP contribution in [-0.2, 0) is 21.9 Å². The Kier molecular flexibility index (Phi) is 11.0. The predicted octanol–water partition coefficient (Wildman–Crippen LogP) is 4.01. The van der Waals surface area contributed by atoms with E-state index in [9.17, 15) is 45.8 Å². The Morgan fingerprint density at radius 3 is 2.37 bits per heavy atom. The van der Waals surface area contributed by atoms with Gasteiger partial charge in [0.1, 0.15) is 17.5 Å². The lowest BCUT2D eigenvalue weighted by molar-refractivity contribution is -0.158. The number of para-hydroxylation sites is 2. The molecule has 2 aromatic carbocycles. The van der Waals surface area contributed by atoms with Crippen molar-refractivity contribution in [1.82, 2.24) is 20.1 Å². The van der Waals surface area contributed by atoms with Crippen LogP contribution >= 0.6 is 0 Å². The molecule has 2 aliphatic heterocycles. The fraction of sp³-hybridized carbons (Fsp3) is 0.412. The van der Waals surface area contributed by atoms with Crippen LogP contribution in [0.25, 0.3) is 0 Å². The van der Waals surface area contributed by atoms with Crippen LogP contribution in [0, 0.1) is 0 Å². The van der Waals surface area contributed by atoms with Crippen LogP contribution in [-0.4, -0.2) is 102 Å². The van der Waals surface area contributed by atoms with E-state index >= 15 is 0 Å². The van der Waals surface area contributed by atoms with Crippen LogP contribution in [0.15, 0.2) is 67.0 Å². The van der Waals surface area contributed by atoms with Crippen LogP contribution in [0.1, 0.15) is 34.3 Å². The summed E-state index contributed by atoms with van der Waals surface area (Å²) in [5, 5.41) is 12.0. The van der Waals surface area contributed by atoms with Crippen molar-refractivity contribution < 1.29 is 55.3 Å². The first-order chi connectivity index (χ1) is 24.2. The first kappa shape index (κ1) is 37.2. The van der Waals surface area contributed by atoms with Crippen molar-refractivity contribution >= 4 is 23.4 Å². The number of pyridine rings is 1. The molecule has 0 saturated carbocycles. The number of hydrogen-bond donors (Lipinski definition) is 2. The molecule has 11 nitrogen and oxygen atoms in total. The van der Waals surface area contributed by atoms with Gasteiger partial charge >= 0.3 is 12.4 Å². The Bertz CT molecular complexity index is 1720. The van der Waals surface area contributed by atoms with Crippen molar-refractivity contribution in [3.63, 3.8) is 0 Å². The van der Waals surface area contributed by atoms with Crippen molar-refractivity contribution in [2.24, 2.45) is 0 Å². The Labute approximate surface area is 288 Å².